The average molecular weight is 316 g/mol. The lowest BCUT2D eigenvalue weighted by molar-refractivity contribution is 0.228. The van der Waals surface area contributed by atoms with Crippen LogP contribution in [0.25, 0.3) is 0 Å². The minimum Gasteiger partial charge on any atom is -0.488 e. The van der Waals surface area contributed by atoms with Crippen LogP contribution in [-0.2, 0) is 16.3 Å². The van der Waals surface area contributed by atoms with Crippen molar-refractivity contribution >= 4 is 21.4 Å². The van der Waals surface area contributed by atoms with E-state index in [4.69, 9.17) is 16.3 Å². The highest BCUT2D eigenvalue weighted by molar-refractivity contribution is 7.92. The summed E-state index contributed by atoms with van der Waals surface area (Å²) in [5.41, 5.74) is 1.12. The van der Waals surface area contributed by atoms with E-state index >= 15 is 0 Å². The van der Waals surface area contributed by atoms with E-state index in [9.17, 15) is 8.42 Å². The molecule has 2 atom stereocenters. The van der Waals surface area contributed by atoms with Crippen molar-refractivity contribution in [2.45, 2.75) is 30.6 Å². The third-order valence-electron chi connectivity index (χ3n) is 3.97. The van der Waals surface area contributed by atoms with Gasteiger partial charge in [0.05, 0.1) is 11.0 Å². The summed E-state index contributed by atoms with van der Waals surface area (Å²) in [5, 5.41) is 3.74. The van der Waals surface area contributed by atoms with Crippen molar-refractivity contribution in [2.75, 3.05) is 18.8 Å². The average Bonchev–Trinajstić information content (AvgIpc) is 2.92. The Hall–Kier alpha value is -0.780. The maximum Gasteiger partial charge on any atom is 0.154 e. The third-order valence-corrected chi connectivity index (χ3v) is 6.48. The van der Waals surface area contributed by atoms with Crippen molar-refractivity contribution in [3.8, 4) is 5.75 Å². The standard InChI is InChI=1S/C14H18ClNO3S/c15-11-3-4-14-10(6-11)7-12(19-14)8-16-9-13-2-1-5-20(13,17)18/h3-4,6,12-13,16H,1-2,5,7-9H2. The fourth-order valence-corrected chi connectivity index (χ4v) is 4.89. The number of ether oxygens (including phenoxy) is 1. The molecule has 0 bridgehead atoms. The smallest absolute Gasteiger partial charge is 0.154 e. The van der Waals surface area contributed by atoms with E-state index in [1.807, 2.05) is 18.2 Å². The van der Waals surface area contributed by atoms with Crippen LogP contribution in [0.2, 0.25) is 5.02 Å². The van der Waals surface area contributed by atoms with Gasteiger partial charge in [-0.15, -0.1) is 0 Å². The molecule has 110 valence electrons. The number of halogens is 1. The summed E-state index contributed by atoms with van der Waals surface area (Å²) in [4.78, 5) is 0. The summed E-state index contributed by atoms with van der Waals surface area (Å²) < 4.78 is 29.2. The van der Waals surface area contributed by atoms with Gasteiger partial charge in [-0.05, 0) is 36.6 Å². The molecule has 0 aliphatic carbocycles. The highest BCUT2D eigenvalue weighted by Gasteiger charge is 2.31. The summed E-state index contributed by atoms with van der Waals surface area (Å²) >= 11 is 5.96. The van der Waals surface area contributed by atoms with Crippen LogP contribution in [0.5, 0.6) is 5.75 Å². The summed E-state index contributed by atoms with van der Waals surface area (Å²) in [6.45, 7) is 1.19. The molecule has 1 N–H and O–H groups in total. The van der Waals surface area contributed by atoms with E-state index in [0.717, 1.165) is 35.6 Å². The highest BCUT2D eigenvalue weighted by Crippen LogP contribution is 2.30. The number of hydrogen-bond acceptors (Lipinski definition) is 4. The fraction of sp³-hybridized carbons (Fsp3) is 0.571. The van der Waals surface area contributed by atoms with Gasteiger partial charge in [0.1, 0.15) is 11.9 Å². The van der Waals surface area contributed by atoms with Crippen LogP contribution in [-0.4, -0.2) is 38.6 Å². The number of hydrogen-bond donors (Lipinski definition) is 1. The molecular formula is C14H18ClNO3S. The molecule has 0 spiro atoms. The Labute approximate surface area is 124 Å². The molecule has 2 heterocycles. The lowest BCUT2D eigenvalue weighted by Crippen LogP contribution is -2.36. The highest BCUT2D eigenvalue weighted by atomic mass is 35.5. The maximum absolute atomic E-state index is 11.7. The molecule has 4 nitrogen and oxygen atoms in total. The van der Waals surface area contributed by atoms with Gasteiger partial charge in [-0.2, -0.15) is 0 Å². The first-order valence-corrected chi connectivity index (χ1v) is 9.01. The Kier molecular flexibility index (Phi) is 3.93. The largest absolute Gasteiger partial charge is 0.488 e. The Morgan fingerprint density at radius 2 is 2.20 bits per heavy atom. The zero-order chi connectivity index (χ0) is 14.2. The Bertz CT molecular complexity index is 602. The lowest BCUT2D eigenvalue weighted by atomic mass is 10.1. The third kappa shape index (κ3) is 2.95. The van der Waals surface area contributed by atoms with Crippen LogP contribution in [0.1, 0.15) is 18.4 Å². The van der Waals surface area contributed by atoms with Crippen molar-refractivity contribution in [3.05, 3.63) is 28.8 Å². The van der Waals surface area contributed by atoms with Crippen molar-refractivity contribution in [1.82, 2.24) is 5.32 Å². The van der Waals surface area contributed by atoms with E-state index in [1.54, 1.807) is 0 Å². The van der Waals surface area contributed by atoms with Crippen molar-refractivity contribution < 1.29 is 13.2 Å². The first kappa shape index (κ1) is 14.2. The molecular weight excluding hydrogens is 298 g/mol. The van der Waals surface area contributed by atoms with Crippen molar-refractivity contribution in [3.63, 3.8) is 0 Å². The van der Waals surface area contributed by atoms with E-state index in [2.05, 4.69) is 5.32 Å². The van der Waals surface area contributed by atoms with Gasteiger partial charge in [-0.1, -0.05) is 11.6 Å². The zero-order valence-corrected chi connectivity index (χ0v) is 12.7. The second-order valence-electron chi connectivity index (χ2n) is 5.49. The molecule has 0 saturated carbocycles. The number of sulfone groups is 1. The topological polar surface area (TPSA) is 55.4 Å². The van der Waals surface area contributed by atoms with E-state index in [0.29, 0.717) is 18.8 Å². The van der Waals surface area contributed by atoms with Crippen molar-refractivity contribution in [2.24, 2.45) is 0 Å². The second kappa shape index (κ2) is 5.54. The van der Waals surface area contributed by atoms with Crippen LogP contribution in [0.4, 0.5) is 0 Å². The predicted octanol–water partition coefficient (Wildman–Crippen LogP) is 1.81. The minimum absolute atomic E-state index is 0.0626. The number of benzene rings is 1. The normalized spacial score (nSPS) is 27.2. The molecule has 2 aliphatic rings. The first-order chi connectivity index (χ1) is 9.54. The van der Waals surface area contributed by atoms with Gasteiger partial charge in [0.25, 0.3) is 0 Å². The summed E-state index contributed by atoms with van der Waals surface area (Å²) in [6, 6.07) is 5.64. The van der Waals surface area contributed by atoms with Gasteiger partial charge < -0.3 is 10.1 Å². The Balaban J connectivity index is 1.49. The molecule has 2 aliphatic heterocycles. The molecule has 1 aromatic rings. The van der Waals surface area contributed by atoms with Crippen LogP contribution in [0.15, 0.2) is 18.2 Å². The molecule has 6 heteroatoms. The van der Waals surface area contributed by atoms with E-state index in [-0.39, 0.29) is 11.4 Å². The van der Waals surface area contributed by atoms with Gasteiger partial charge in [0, 0.05) is 24.5 Å². The van der Waals surface area contributed by atoms with E-state index in [1.165, 1.54) is 0 Å². The number of rotatable bonds is 4. The van der Waals surface area contributed by atoms with Crippen LogP contribution >= 0.6 is 11.6 Å². The summed E-state index contributed by atoms with van der Waals surface area (Å²) in [7, 11) is -2.86. The number of fused-ring (bicyclic) bond motifs is 1. The number of nitrogens with one attached hydrogen (secondary N) is 1. The molecule has 2 unspecified atom stereocenters. The van der Waals surface area contributed by atoms with Gasteiger partial charge in [0.2, 0.25) is 0 Å². The molecule has 3 rings (SSSR count). The Morgan fingerprint density at radius 1 is 1.35 bits per heavy atom. The maximum atomic E-state index is 11.7. The molecule has 1 saturated heterocycles. The zero-order valence-electron chi connectivity index (χ0n) is 11.1. The van der Waals surface area contributed by atoms with Gasteiger partial charge in [0.15, 0.2) is 9.84 Å². The monoisotopic (exact) mass is 315 g/mol. The SMILES string of the molecule is O=S1(=O)CCCC1CNCC1Cc2cc(Cl)ccc2O1. The summed E-state index contributed by atoms with van der Waals surface area (Å²) in [5.74, 6) is 1.22. The molecule has 1 aromatic carbocycles. The Morgan fingerprint density at radius 3 is 2.95 bits per heavy atom. The molecule has 0 radical (unpaired) electrons. The quantitative estimate of drug-likeness (QED) is 0.920. The molecule has 0 aromatic heterocycles. The lowest BCUT2D eigenvalue weighted by Gasteiger charge is -2.14. The molecule has 20 heavy (non-hydrogen) atoms. The minimum atomic E-state index is -2.86. The molecule has 0 amide bonds. The summed E-state index contributed by atoms with van der Waals surface area (Å²) in [6.07, 6.45) is 2.45. The van der Waals surface area contributed by atoms with Crippen LogP contribution in [0.3, 0.4) is 0 Å². The van der Waals surface area contributed by atoms with Crippen molar-refractivity contribution in [1.29, 1.82) is 0 Å². The predicted molar refractivity (Wildman–Crippen MR) is 79.3 cm³/mol. The fourth-order valence-electron chi connectivity index (χ4n) is 2.90. The van der Waals surface area contributed by atoms with Crippen LogP contribution in [0, 0.1) is 0 Å². The van der Waals surface area contributed by atoms with Gasteiger partial charge in [-0.25, -0.2) is 8.42 Å². The van der Waals surface area contributed by atoms with Crippen LogP contribution < -0.4 is 10.1 Å². The second-order valence-corrected chi connectivity index (χ2v) is 8.32. The molecule has 1 fully saturated rings. The van der Waals surface area contributed by atoms with E-state index < -0.39 is 9.84 Å². The van der Waals surface area contributed by atoms with Gasteiger partial charge >= 0.3 is 0 Å². The van der Waals surface area contributed by atoms with Gasteiger partial charge in [-0.3, -0.25) is 0 Å². The first-order valence-electron chi connectivity index (χ1n) is 6.92.